The van der Waals surface area contributed by atoms with Crippen molar-refractivity contribution in [2.24, 2.45) is 7.05 Å². The van der Waals surface area contributed by atoms with Crippen LogP contribution in [0, 0.1) is 5.82 Å². The summed E-state index contributed by atoms with van der Waals surface area (Å²) in [6.07, 6.45) is 1.40. The van der Waals surface area contributed by atoms with E-state index in [9.17, 15) is 4.39 Å². The number of benzene rings is 2. The maximum absolute atomic E-state index is 13.8. The number of rotatable bonds is 3. The van der Waals surface area contributed by atoms with Gasteiger partial charge in [0.1, 0.15) is 29.2 Å². The van der Waals surface area contributed by atoms with Crippen molar-refractivity contribution >= 4 is 44.9 Å². The van der Waals surface area contributed by atoms with Crippen molar-refractivity contribution in [2.75, 3.05) is 11.5 Å². The Hall–Kier alpha value is -4.54. The van der Waals surface area contributed by atoms with Crippen molar-refractivity contribution in [3.63, 3.8) is 0 Å². The summed E-state index contributed by atoms with van der Waals surface area (Å²) in [5.41, 5.74) is 16.5. The molecule has 0 amide bonds. The Morgan fingerprint density at radius 2 is 1.91 bits per heavy atom. The normalized spacial score (nSPS) is 12.8. The van der Waals surface area contributed by atoms with E-state index in [1.165, 1.54) is 18.5 Å². The second kappa shape index (κ2) is 6.73. The van der Waals surface area contributed by atoms with Crippen LogP contribution >= 0.6 is 0 Å². The highest BCUT2D eigenvalue weighted by atomic mass is 19.1. The molecule has 6 rings (SSSR count). The third-order valence-electron chi connectivity index (χ3n) is 5.80. The minimum Gasteiger partial charge on any atom is -0.424 e. The Bertz CT molecular complexity index is 1700. The number of fused-ring (bicyclic) bond motifs is 3. The summed E-state index contributed by atoms with van der Waals surface area (Å²) in [4.78, 5) is 12.8. The molecule has 4 heterocycles. The van der Waals surface area contributed by atoms with Gasteiger partial charge in [-0.2, -0.15) is 15.2 Å². The van der Waals surface area contributed by atoms with Crippen LogP contribution in [0.25, 0.3) is 44.3 Å². The number of nitrogens with zero attached hydrogens (tertiary/aromatic N) is 7. The van der Waals surface area contributed by atoms with E-state index in [1.54, 1.807) is 28.5 Å². The van der Waals surface area contributed by atoms with Crippen LogP contribution in [0.4, 0.5) is 16.2 Å². The number of aryl methyl sites for hydroxylation is 1. The molecular weight excluding hydrogens is 425 g/mol. The Labute approximate surface area is 185 Å². The highest BCUT2D eigenvalue weighted by Gasteiger charge is 2.24. The molecule has 0 saturated carbocycles. The lowest BCUT2D eigenvalue weighted by Gasteiger charge is -2.11. The zero-order chi connectivity index (χ0) is 22.9. The molecule has 0 spiro atoms. The Morgan fingerprint density at radius 3 is 2.76 bits per heavy atom. The number of nitrogen functional groups attached to an aromatic ring is 2. The van der Waals surface area contributed by atoms with Gasteiger partial charge in [-0.05, 0) is 43.3 Å². The smallest absolute Gasteiger partial charge is 0.292 e. The molecular formula is C22H18FN9O. The lowest BCUT2D eigenvalue weighted by molar-refractivity contribution is 0.559. The molecule has 164 valence electrons. The van der Waals surface area contributed by atoms with E-state index < -0.39 is 0 Å². The molecule has 33 heavy (non-hydrogen) atoms. The quantitative estimate of drug-likeness (QED) is 0.424. The molecule has 0 radical (unpaired) electrons. The number of nitrogens with two attached hydrogens (primary N) is 2. The zero-order valence-corrected chi connectivity index (χ0v) is 17.7. The first-order valence-electron chi connectivity index (χ1n) is 10.2. The monoisotopic (exact) mass is 443 g/mol. The van der Waals surface area contributed by atoms with Gasteiger partial charge < -0.3 is 15.9 Å². The standard InChI is InChI=1S/C22H18FN9O/c1-10(18-13-5-4-12(23)8-15(13)31(2)29-18)32-21-17(20(24)26-9-27-21)19(30-32)11-3-6-16-14(7-11)28-22(25)33-16/h3-10H,1-2H3,(H2,25,28)(H2,24,26,27). The van der Waals surface area contributed by atoms with Gasteiger partial charge in [0.05, 0.1) is 22.6 Å². The molecule has 1 unspecified atom stereocenters. The second-order valence-electron chi connectivity index (χ2n) is 7.83. The average Bonchev–Trinajstić information content (AvgIpc) is 3.46. The molecule has 0 aliphatic carbocycles. The van der Waals surface area contributed by atoms with Crippen LogP contribution in [0.15, 0.2) is 47.1 Å². The maximum atomic E-state index is 13.8. The predicted molar refractivity (Wildman–Crippen MR) is 122 cm³/mol. The molecule has 0 aliphatic heterocycles. The van der Waals surface area contributed by atoms with Crippen LogP contribution in [0.3, 0.4) is 0 Å². The van der Waals surface area contributed by atoms with Gasteiger partial charge in [0.15, 0.2) is 11.2 Å². The van der Waals surface area contributed by atoms with Crippen molar-refractivity contribution in [1.82, 2.24) is 34.5 Å². The van der Waals surface area contributed by atoms with Gasteiger partial charge in [-0.15, -0.1) is 0 Å². The fourth-order valence-electron chi connectivity index (χ4n) is 4.24. The Kier molecular flexibility index (Phi) is 3.91. The highest BCUT2D eigenvalue weighted by Crippen LogP contribution is 2.35. The average molecular weight is 443 g/mol. The minimum absolute atomic E-state index is 0.0903. The molecule has 0 fully saturated rings. The van der Waals surface area contributed by atoms with E-state index in [1.807, 2.05) is 19.1 Å². The maximum Gasteiger partial charge on any atom is 0.292 e. The summed E-state index contributed by atoms with van der Waals surface area (Å²) < 4.78 is 22.6. The van der Waals surface area contributed by atoms with Gasteiger partial charge >= 0.3 is 0 Å². The number of oxazole rings is 1. The molecule has 10 nitrogen and oxygen atoms in total. The molecule has 4 aromatic heterocycles. The fraction of sp³-hybridized carbons (Fsp3) is 0.136. The van der Waals surface area contributed by atoms with Crippen molar-refractivity contribution in [3.8, 4) is 11.3 Å². The molecule has 6 aromatic rings. The van der Waals surface area contributed by atoms with E-state index >= 15 is 0 Å². The second-order valence-corrected chi connectivity index (χ2v) is 7.83. The SMILES string of the molecule is CC(c1nn(C)c2cc(F)ccc12)n1nc(-c2ccc3oc(N)nc3c2)c2c(N)ncnc21. The first-order valence-corrected chi connectivity index (χ1v) is 10.2. The summed E-state index contributed by atoms with van der Waals surface area (Å²) in [6, 6.07) is 9.84. The van der Waals surface area contributed by atoms with E-state index in [0.29, 0.717) is 39.2 Å². The first kappa shape index (κ1) is 19.2. The summed E-state index contributed by atoms with van der Waals surface area (Å²) in [5.74, 6) is -0.0120. The van der Waals surface area contributed by atoms with Gasteiger partial charge in [0, 0.05) is 18.0 Å². The molecule has 2 aromatic carbocycles. The fourth-order valence-corrected chi connectivity index (χ4v) is 4.24. The lowest BCUT2D eigenvalue weighted by atomic mass is 10.1. The van der Waals surface area contributed by atoms with Crippen molar-refractivity contribution in [1.29, 1.82) is 0 Å². The summed E-state index contributed by atoms with van der Waals surface area (Å²) in [6.45, 7) is 1.96. The Morgan fingerprint density at radius 1 is 1.06 bits per heavy atom. The van der Waals surface area contributed by atoms with Crippen LogP contribution < -0.4 is 11.5 Å². The van der Waals surface area contributed by atoms with Crippen LogP contribution in [-0.4, -0.2) is 34.5 Å². The first-order chi connectivity index (χ1) is 15.9. The van der Waals surface area contributed by atoms with E-state index in [2.05, 4.69) is 20.1 Å². The number of aromatic nitrogens is 7. The van der Waals surface area contributed by atoms with Crippen molar-refractivity contribution in [2.45, 2.75) is 13.0 Å². The highest BCUT2D eigenvalue weighted by molar-refractivity contribution is 5.99. The predicted octanol–water partition coefficient (Wildman–Crippen LogP) is 3.43. The largest absolute Gasteiger partial charge is 0.424 e. The van der Waals surface area contributed by atoms with Crippen LogP contribution in [0.2, 0.25) is 0 Å². The van der Waals surface area contributed by atoms with Gasteiger partial charge in [0.2, 0.25) is 0 Å². The summed E-state index contributed by atoms with van der Waals surface area (Å²) >= 11 is 0. The number of halogens is 1. The van der Waals surface area contributed by atoms with Gasteiger partial charge in [0.25, 0.3) is 6.01 Å². The van der Waals surface area contributed by atoms with Crippen molar-refractivity contribution < 1.29 is 8.81 Å². The topological polar surface area (TPSA) is 139 Å². The lowest BCUT2D eigenvalue weighted by Crippen LogP contribution is -2.11. The molecule has 1 atom stereocenters. The molecule has 0 saturated heterocycles. The van der Waals surface area contributed by atoms with E-state index in [-0.39, 0.29) is 17.9 Å². The molecule has 0 aliphatic rings. The van der Waals surface area contributed by atoms with E-state index in [4.69, 9.17) is 21.0 Å². The number of hydrogen-bond donors (Lipinski definition) is 2. The van der Waals surface area contributed by atoms with E-state index in [0.717, 1.165) is 16.6 Å². The van der Waals surface area contributed by atoms with Crippen LogP contribution in [0.5, 0.6) is 0 Å². The van der Waals surface area contributed by atoms with Crippen LogP contribution in [-0.2, 0) is 7.05 Å². The molecule has 11 heteroatoms. The van der Waals surface area contributed by atoms with Crippen LogP contribution in [0.1, 0.15) is 18.7 Å². The number of anilines is 2. The minimum atomic E-state index is -0.323. The summed E-state index contributed by atoms with van der Waals surface area (Å²) in [5, 5.41) is 11.0. The third-order valence-corrected chi connectivity index (χ3v) is 5.80. The summed E-state index contributed by atoms with van der Waals surface area (Å²) in [7, 11) is 1.78. The van der Waals surface area contributed by atoms with Gasteiger partial charge in [-0.25, -0.2) is 19.0 Å². The zero-order valence-electron chi connectivity index (χ0n) is 17.7. The number of hydrogen-bond acceptors (Lipinski definition) is 8. The third kappa shape index (κ3) is 2.82. The Balaban J connectivity index is 1.58. The van der Waals surface area contributed by atoms with Gasteiger partial charge in [-0.1, -0.05) is 0 Å². The van der Waals surface area contributed by atoms with Gasteiger partial charge in [-0.3, -0.25) is 4.68 Å². The molecule has 0 bridgehead atoms. The molecule has 4 N–H and O–H groups in total. The van der Waals surface area contributed by atoms with Crippen molar-refractivity contribution in [3.05, 3.63) is 54.2 Å².